The van der Waals surface area contributed by atoms with Crippen molar-refractivity contribution in [3.8, 4) is 0 Å². The summed E-state index contributed by atoms with van der Waals surface area (Å²) in [6.45, 7) is 0. The SMILES string of the molecule is O=S(=O)(Nc1cc(F)cc(F)c1)c1c(Cl)nc2sccn12. The van der Waals surface area contributed by atoms with Crippen molar-refractivity contribution in [1.29, 1.82) is 0 Å². The van der Waals surface area contributed by atoms with E-state index < -0.39 is 21.7 Å². The molecular weight excluding hydrogens is 344 g/mol. The molecule has 0 unspecified atom stereocenters. The van der Waals surface area contributed by atoms with Crippen molar-refractivity contribution in [2.75, 3.05) is 4.72 Å². The Morgan fingerprint density at radius 3 is 2.57 bits per heavy atom. The number of benzene rings is 1. The van der Waals surface area contributed by atoms with E-state index in [0.717, 1.165) is 12.1 Å². The summed E-state index contributed by atoms with van der Waals surface area (Å²) >= 11 is 7.03. The maximum atomic E-state index is 13.1. The van der Waals surface area contributed by atoms with E-state index >= 15 is 0 Å². The van der Waals surface area contributed by atoms with E-state index in [0.29, 0.717) is 11.0 Å². The number of aromatic nitrogens is 2. The van der Waals surface area contributed by atoms with E-state index in [-0.39, 0.29) is 15.9 Å². The zero-order chi connectivity index (χ0) is 15.2. The molecule has 0 atom stereocenters. The number of anilines is 1. The zero-order valence-electron chi connectivity index (χ0n) is 10.0. The highest BCUT2D eigenvalue weighted by Crippen LogP contribution is 2.27. The molecule has 0 aliphatic carbocycles. The fourth-order valence-electron chi connectivity index (χ4n) is 1.80. The van der Waals surface area contributed by atoms with E-state index in [9.17, 15) is 17.2 Å². The summed E-state index contributed by atoms with van der Waals surface area (Å²) in [6.07, 6.45) is 1.49. The molecular formula is C11H6ClF2N3O2S2. The lowest BCUT2D eigenvalue weighted by molar-refractivity contribution is 0.584. The molecule has 3 aromatic rings. The zero-order valence-corrected chi connectivity index (χ0v) is 12.4. The van der Waals surface area contributed by atoms with Crippen LogP contribution in [-0.4, -0.2) is 17.8 Å². The number of halogens is 3. The number of nitrogens with one attached hydrogen (secondary N) is 1. The molecule has 2 aromatic heterocycles. The van der Waals surface area contributed by atoms with Crippen LogP contribution in [0.3, 0.4) is 0 Å². The summed E-state index contributed by atoms with van der Waals surface area (Å²) < 4.78 is 54.2. The number of rotatable bonds is 3. The quantitative estimate of drug-likeness (QED) is 0.790. The van der Waals surface area contributed by atoms with Crippen molar-refractivity contribution in [2.45, 2.75) is 5.03 Å². The van der Waals surface area contributed by atoms with Gasteiger partial charge in [-0.15, -0.1) is 11.3 Å². The van der Waals surface area contributed by atoms with Gasteiger partial charge >= 0.3 is 0 Å². The Balaban J connectivity index is 2.08. The molecule has 0 aliphatic heterocycles. The first-order valence-corrected chi connectivity index (χ1v) is 8.21. The van der Waals surface area contributed by atoms with E-state index in [1.54, 1.807) is 5.38 Å². The Kier molecular flexibility index (Phi) is 3.34. The molecule has 0 spiro atoms. The average Bonchev–Trinajstić information content (AvgIpc) is 2.85. The summed E-state index contributed by atoms with van der Waals surface area (Å²) in [5.74, 6) is -1.79. The van der Waals surface area contributed by atoms with Gasteiger partial charge in [0.1, 0.15) is 11.6 Å². The minimum absolute atomic E-state index is 0.216. The maximum absolute atomic E-state index is 13.1. The number of sulfonamides is 1. The first-order valence-electron chi connectivity index (χ1n) is 5.47. The molecule has 21 heavy (non-hydrogen) atoms. The van der Waals surface area contributed by atoms with Crippen molar-refractivity contribution >= 4 is 43.6 Å². The molecule has 3 rings (SSSR count). The number of imidazole rings is 1. The third kappa shape index (κ3) is 2.59. The van der Waals surface area contributed by atoms with E-state index in [1.807, 2.05) is 0 Å². The fraction of sp³-hybridized carbons (Fsp3) is 0. The summed E-state index contributed by atoms with van der Waals surface area (Å²) in [7, 11) is -4.14. The predicted molar refractivity (Wildman–Crippen MR) is 75.2 cm³/mol. The number of thiazole rings is 1. The fourth-order valence-corrected chi connectivity index (χ4v) is 4.29. The van der Waals surface area contributed by atoms with Crippen LogP contribution in [0.15, 0.2) is 34.8 Å². The summed E-state index contributed by atoms with van der Waals surface area (Å²) in [6, 6.07) is 2.36. The second kappa shape index (κ2) is 4.93. The van der Waals surface area contributed by atoms with Crippen molar-refractivity contribution in [2.24, 2.45) is 0 Å². The van der Waals surface area contributed by atoms with Crippen LogP contribution in [0.25, 0.3) is 4.96 Å². The Labute approximate surface area is 126 Å². The number of fused-ring (bicyclic) bond motifs is 1. The molecule has 1 N–H and O–H groups in total. The van der Waals surface area contributed by atoms with Gasteiger partial charge in [-0.1, -0.05) is 11.6 Å². The highest BCUT2D eigenvalue weighted by Gasteiger charge is 2.25. The van der Waals surface area contributed by atoms with Crippen LogP contribution in [-0.2, 0) is 10.0 Å². The van der Waals surface area contributed by atoms with Crippen LogP contribution >= 0.6 is 22.9 Å². The van der Waals surface area contributed by atoms with Gasteiger partial charge in [0.15, 0.2) is 15.1 Å². The third-order valence-corrected chi connectivity index (χ3v) is 5.08. The van der Waals surface area contributed by atoms with Crippen molar-refractivity contribution in [3.63, 3.8) is 0 Å². The summed E-state index contributed by atoms with van der Waals surface area (Å²) in [4.78, 5) is 4.29. The summed E-state index contributed by atoms with van der Waals surface area (Å²) in [5.41, 5.74) is -0.242. The van der Waals surface area contributed by atoms with Gasteiger partial charge in [0.2, 0.25) is 0 Å². The first kappa shape index (κ1) is 14.2. The lowest BCUT2D eigenvalue weighted by atomic mass is 10.3. The van der Waals surface area contributed by atoms with Crippen LogP contribution in [0.1, 0.15) is 0 Å². The monoisotopic (exact) mass is 349 g/mol. The van der Waals surface area contributed by atoms with Crippen molar-refractivity contribution in [3.05, 3.63) is 46.6 Å². The Bertz CT molecular complexity index is 916. The van der Waals surface area contributed by atoms with Gasteiger partial charge < -0.3 is 0 Å². The molecule has 110 valence electrons. The third-order valence-electron chi connectivity index (χ3n) is 2.55. The molecule has 5 nitrogen and oxygen atoms in total. The minimum Gasteiger partial charge on any atom is -0.278 e. The topological polar surface area (TPSA) is 63.5 Å². The van der Waals surface area contributed by atoms with E-state index in [1.165, 1.54) is 21.9 Å². The second-order valence-electron chi connectivity index (χ2n) is 4.03. The smallest absolute Gasteiger partial charge is 0.278 e. The molecule has 10 heteroatoms. The van der Waals surface area contributed by atoms with Gasteiger partial charge in [-0.05, 0) is 12.1 Å². The lowest BCUT2D eigenvalue weighted by Gasteiger charge is -2.07. The van der Waals surface area contributed by atoms with Gasteiger partial charge in [0, 0.05) is 17.6 Å². The van der Waals surface area contributed by atoms with E-state index in [4.69, 9.17) is 11.6 Å². The normalized spacial score (nSPS) is 12.0. The van der Waals surface area contributed by atoms with Gasteiger partial charge in [0.25, 0.3) is 10.0 Å². The van der Waals surface area contributed by atoms with Crippen LogP contribution in [0.2, 0.25) is 5.15 Å². The second-order valence-corrected chi connectivity index (χ2v) is 6.86. The largest absolute Gasteiger partial charge is 0.281 e. The molecule has 0 aliphatic rings. The van der Waals surface area contributed by atoms with Crippen LogP contribution in [0.5, 0.6) is 0 Å². The van der Waals surface area contributed by atoms with Crippen LogP contribution in [0, 0.1) is 11.6 Å². The Morgan fingerprint density at radius 2 is 1.90 bits per heavy atom. The molecule has 2 heterocycles. The van der Waals surface area contributed by atoms with E-state index in [2.05, 4.69) is 9.71 Å². The van der Waals surface area contributed by atoms with Gasteiger partial charge in [0.05, 0.1) is 5.69 Å². The predicted octanol–water partition coefficient (Wildman–Crippen LogP) is 3.13. The van der Waals surface area contributed by atoms with Gasteiger partial charge in [-0.3, -0.25) is 9.12 Å². The van der Waals surface area contributed by atoms with Crippen molar-refractivity contribution in [1.82, 2.24) is 9.38 Å². The molecule has 0 saturated carbocycles. The molecule has 0 saturated heterocycles. The summed E-state index contributed by atoms with van der Waals surface area (Å²) in [5, 5.41) is 1.14. The lowest BCUT2D eigenvalue weighted by Crippen LogP contribution is -2.15. The maximum Gasteiger partial charge on any atom is 0.281 e. The minimum atomic E-state index is -4.14. The van der Waals surface area contributed by atoms with Crippen LogP contribution < -0.4 is 4.72 Å². The van der Waals surface area contributed by atoms with Gasteiger partial charge in [-0.25, -0.2) is 13.8 Å². The highest BCUT2D eigenvalue weighted by molar-refractivity contribution is 7.92. The van der Waals surface area contributed by atoms with Crippen LogP contribution in [0.4, 0.5) is 14.5 Å². The van der Waals surface area contributed by atoms with Crippen molar-refractivity contribution < 1.29 is 17.2 Å². The molecule has 0 fully saturated rings. The number of hydrogen-bond acceptors (Lipinski definition) is 4. The molecule has 0 bridgehead atoms. The molecule has 1 aromatic carbocycles. The number of hydrogen-bond donors (Lipinski definition) is 1. The molecule has 0 radical (unpaired) electrons. The highest BCUT2D eigenvalue weighted by atomic mass is 35.5. The number of nitrogens with zero attached hydrogens (tertiary/aromatic N) is 2. The Morgan fingerprint density at radius 1 is 1.24 bits per heavy atom. The standard InChI is InChI=1S/C11H6ClF2N3O2S2/c12-9-10(17-1-2-20-11(17)15-9)21(18,19)16-8-4-6(13)3-7(14)5-8/h1-5,16H. The Hall–Kier alpha value is -1.71. The average molecular weight is 350 g/mol. The first-order chi connectivity index (χ1) is 9.87. The van der Waals surface area contributed by atoms with Gasteiger partial charge in [-0.2, -0.15) is 8.42 Å². The molecule has 0 amide bonds.